The molecule has 0 aromatic rings. The van der Waals surface area contributed by atoms with Gasteiger partial charge in [0.25, 0.3) is 9.84 Å². The van der Waals surface area contributed by atoms with Crippen molar-refractivity contribution >= 4 is 9.84 Å². The van der Waals surface area contributed by atoms with Crippen LogP contribution in [0.25, 0.3) is 0 Å². The summed E-state index contributed by atoms with van der Waals surface area (Å²) in [7, 11) is -4.19. The van der Waals surface area contributed by atoms with Gasteiger partial charge in [0, 0.05) is 7.11 Å². The lowest BCUT2D eigenvalue weighted by Gasteiger charge is -2.05. The summed E-state index contributed by atoms with van der Waals surface area (Å²) < 4.78 is 57.9. The summed E-state index contributed by atoms with van der Waals surface area (Å²) in [5.74, 6) is -1.32. The van der Waals surface area contributed by atoms with Gasteiger partial charge in [-0.25, -0.2) is 8.42 Å². The van der Waals surface area contributed by atoms with Gasteiger partial charge in [0.05, 0.1) is 0 Å². The summed E-state index contributed by atoms with van der Waals surface area (Å²) in [6, 6.07) is 0. The number of halogens is 3. The molecule has 3 nitrogen and oxygen atoms in total. The average Bonchev–Trinajstić information content (AvgIpc) is 1.61. The van der Waals surface area contributed by atoms with Crippen LogP contribution < -0.4 is 0 Å². The predicted octanol–water partition coefficient (Wildman–Crippen LogP) is 0.525. The van der Waals surface area contributed by atoms with Crippen molar-refractivity contribution in [3.8, 4) is 0 Å². The number of sulfone groups is 1. The zero-order chi connectivity index (χ0) is 8.41. The van der Waals surface area contributed by atoms with Gasteiger partial charge < -0.3 is 4.74 Å². The lowest BCUT2D eigenvalue weighted by atomic mass is 11.5. The summed E-state index contributed by atoms with van der Waals surface area (Å²) in [6.45, 7) is 0. The third kappa shape index (κ3) is 2.14. The standard InChI is InChI=1S/C3H5F3O3S/c1-9-2-10(7,8)3(4,5)6/h2H2,1H3. The minimum Gasteiger partial charge on any atom is -0.368 e. The molecule has 62 valence electrons. The van der Waals surface area contributed by atoms with E-state index in [0.717, 1.165) is 7.11 Å². The molecular weight excluding hydrogens is 173 g/mol. The molecule has 0 aliphatic rings. The minimum atomic E-state index is -5.21. The highest BCUT2D eigenvalue weighted by molar-refractivity contribution is 7.92. The molecule has 10 heavy (non-hydrogen) atoms. The molecule has 0 rings (SSSR count). The number of alkyl halides is 3. The van der Waals surface area contributed by atoms with Gasteiger partial charge in [-0.15, -0.1) is 0 Å². The van der Waals surface area contributed by atoms with Crippen molar-refractivity contribution < 1.29 is 26.3 Å². The number of ether oxygens (including phenoxy) is 1. The monoisotopic (exact) mass is 178 g/mol. The predicted molar refractivity (Wildman–Crippen MR) is 26.9 cm³/mol. The second kappa shape index (κ2) is 2.75. The fraction of sp³-hybridized carbons (Fsp3) is 1.00. The molecule has 0 unspecified atom stereocenters. The SMILES string of the molecule is COCS(=O)(=O)C(F)(F)F. The maximum Gasteiger partial charge on any atom is 0.499 e. The second-order valence-electron chi connectivity index (χ2n) is 1.47. The maximum atomic E-state index is 11.4. The van der Waals surface area contributed by atoms with Crippen molar-refractivity contribution in [2.24, 2.45) is 0 Å². The largest absolute Gasteiger partial charge is 0.499 e. The average molecular weight is 178 g/mol. The van der Waals surface area contributed by atoms with Crippen molar-refractivity contribution in [2.75, 3.05) is 13.0 Å². The first-order valence-corrected chi connectivity index (χ1v) is 3.74. The Morgan fingerprint density at radius 1 is 1.40 bits per heavy atom. The van der Waals surface area contributed by atoms with Crippen LogP contribution in [0.1, 0.15) is 0 Å². The Hall–Kier alpha value is -0.300. The van der Waals surface area contributed by atoms with Crippen LogP contribution in [0.2, 0.25) is 0 Å². The molecule has 0 saturated carbocycles. The molecule has 7 heteroatoms. The molecule has 0 bridgehead atoms. The van der Waals surface area contributed by atoms with Crippen molar-refractivity contribution in [1.29, 1.82) is 0 Å². The molecule has 0 spiro atoms. The van der Waals surface area contributed by atoms with E-state index in [0.29, 0.717) is 0 Å². The van der Waals surface area contributed by atoms with Crippen LogP contribution in [0.3, 0.4) is 0 Å². The van der Waals surface area contributed by atoms with Gasteiger partial charge in [0.2, 0.25) is 0 Å². The van der Waals surface area contributed by atoms with E-state index < -0.39 is 21.3 Å². The summed E-state index contributed by atoms with van der Waals surface area (Å²) in [6.07, 6.45) is 0. The second-order valence-corrected chi connectivity index (χ2v) is 3.40. The summed E-state index contributed by atoms with van der Waals surface area (Å²) >= 11 is 0. The Bertz CT molecular complexity index is 192. The smallest absolute Gasteiger partial charge is 0.368 e. The Kier molecular flexibility index (Phi) is 2.67. The minimum absolute atomic E-state index is 0.878. The van der Waals surface area contributed by atoms with Crippen molar-refractivity contribution in [1.82, 2.24) is 0 Å². The van der Waals surface area contributed by atoms with Crippen LogP contribution in [-0.4, -0.2) is 27.0 Å². The molecule has 0 heterocycles. The summed E-state index contributed by atoms with van der Waals surface area (Å²) in [4.78, 5) is 0. The van der Waals surface area contributed by atoms with E-state index in [4.69, 9.17) is 0 Å². The fourth-order valence-corrected chi connectivity index (χ4v) is 0.666. The molecule has 0 fully saturated rings. The molecule has 0 aromatic carbocycles. The highest BCUT2D eigenvalue weighted by Crippen LogP contribution is 2.23. The molecule has 0 atom stereocenters. The summed E-state index contributed by atoms with van der Waals surface area (Å²) in [5, 5.41) is 0. The lowest BCUT2D eigenvalue weighted by molar-refractivity contribution is -0.0457. The maximum absolute atomic E-state index is 11.4. The van der Waals surface area contributed by atoms with E-state index in [1.165, 1.54) is 0 Å². The van der Waals surface area contributed by atoms with E-state index >= 15 is 0 Å². The molecule has 0 amide bonds. The fourth-order valence-electron chi connectivity index (χ4n) is 0.222. The van der Waals surface area contributed by atoms with Gasteiger partial charge in [-0.1, -0.05) is 0 Å². The van der Waals surface area contributed by atoms with Crippen LogP contribution in [0.5, 0.6) is 0 Å². The molecule has 0 aliphatic carbocycles. The Labute approximate surface area is 55.7 Å². The first-order chi connectivity index (χ1) is 4.31. The highest BCUT2D eigenvalue weighted by atomic mass is 32.2. The van der Waals surface area contributed by atoms with Gasteiger partial charge in [-0.05, 0) is 0 Å². The molecule has 0 radical (unpaired) electrons. The third-order valence-corrected chi connectivity index (χ3v) is 1.88. The van der Waals surface area contributed by atoms with E-state index in [1.807, 2.05) is 0 Å². The Balaban J connectivity index is 4.44. The van der Waals surface area contributed by atoms with Crippen LogP contribution in [-0.2, 0) is 14.6 Å². The summed E-state index contributed by atoms with van der Waals surface area (Å²) in [5.41, 5.74) is -5.21. The van der Waals surface area contributed by atoms with Crippen LogP contribution in [0.4, 0.5) is 13.2 Å². The number of rotatable bonds is 2. The molecule has 0 aliphatic heterocycles. The number of hydrogen-bond donors (Lipinski definition) is 0. The van der Waals surface area contributed by atoms with Crippen molar-refractivity contribution in [3.05, 3.63) is 0 Å². The van der Waals surface area contributed by atoms with Gasteiger partial charge >= 0.3 is 5.51 Å². The zero-order valence-electron chi connectivity index (χ0n) is 4.97. The topological polar surface area (TPSA) is 43.4 Å². The molecular formula is C3H5F3O3S. The lowest BCUT2D eigenvalue weighted by Crippen LogP contribution is -2.26. The molecule has 0 N–H and O–H groups in total. The number of hydrogen-bond acceptors (Lipinski definition) is 3. The van der Waals surface area contributed by atoms with Crippen molar-refractivity contribution in [3.63, 3.8) is 0 Å². The first kappa shape index (κ1) is 9.70. The first-order valence-electron chi connectivity index (χ1n) is 2.09. The van der Waals surface area contributed by atoms with E-state index in [9.17, 15) is 21.6 Å². The van der Waals surface area contributed by atoms with Crippen LogP contribution >= 0.6 is 0 Å². The van der Waals surface area contributed by atoms with Gasteiger partial charge in [-0.3, -0.25) is 0 Å². The van der Waals surface area contributed by atoms with E-state index in [-0.39, 0.29) is 0 Å². The Morgan fingerprint density at radius 3 is 1.90 bits per heavy atom. The van der Waals surface area contributed by atoms with Gasteiger partial charge in [-0.2, -0.15) is 13.2 Å². The normalized spacial score (nSPS) is 13.6. The Morgan fingerprint density at radius 2 is 1.80 bits per heavy atom. The van der Waals surface area contributed by atoms with Crippen molar-refractivity contribution in [2.45, 2.75) is 5.51 Å². The zero-order valence-corrected chi connectivity index (χ0v) is 5.79. The van der Waals surface area contributed by atoms with Gasteiger partial charge in [0.15, 0.2) is 5.94 Å². The van der Waals surface area contributed by atoms with Crippen LogP contribution in [0.15, 0.2) is 0 Å². The van der Waals surface area contributed by atoms with E-state index in [1.54, 1.807) is 0 Å². The quantitative estimate of drug-likeness (QED) is 0.619. The van der Waals surface area contributed by atoms with Gasteiger partial charge in [0.1, 0.15) is 0 Å². The number of methoxy groups -OCH3 is 1. The molecule has 0 saturated heterocycles. The third-order valence-electron chi connectivity index (χ3n) is 0.626. The van der Waals surface area contributed by atoms with Crippen LogP contribution in [0, 0.1) is 0 Å². The molecule has 0 aromatic heterocycles. The van der Waals surface area contributed by atoms with E-state index in [2.05, 4.69) is 4.74 Å². The highest BCUT2D eigenvalue weighted by Gasteiger charge is 2.45.